The maximum Gasteiger partial charge on any atom is 0.430 e. The largest absolute Gasteiger partial charge is 0.542 e. The number of aliphatic carboxylic acids is 1. The number of nitrogens with zero attached hydrogens (tertiary/aromatic N) is 5. The highest BCUT2D eigenvalue weighted by molar-refractivity contribution is 7.12. The molecule has 0 unspecified atom stereocenters. The highest BCUT2D eigenvalue weighted by Gasteiger charge is 2.46. The monoisotopic (exact) mass is 514 g/mol. The van der Waals surface area contributed by atoms with Crippen molar-refractivity contribution in [2.24, 2.45) is 7.05 Å². The van der Waals surface area contributed by atoms with Gasteiger partial charge in [0.15, 0.2) is 12.7 Å². The van der Waals surface area contributed by atoms with Gasteiger partial charge in [-0.25, -0.2) is 18.3 Å². The summed E-state index contributed by atoms with van der Waals surface area (Å²) in [6.45, 7) is -1.03. The van der Waals surface area contributed by atoms with Crippen LogP contribution in [-0.4, -0.2) is 61.7 Å². The Hall–Kier alpha value is -3.88. The van der Waals surface area contributed by atoms with Crippen molar-refractivity contribution in [2.75, 3.05) is 13.1 Å². The Morgan fingerprint density at radius 2 is 1.89 bits per heavy atom. The van der Waals surface area contributed by atoms with Gasteiger partial charge in [0, 0.05) is 23.5 Å². The average Bonchev–Trinajstić information content (AvgIpc) is 3.49. The predicted octanol–water partition coefficient (Wildman–Crippen LogP) is 1.67. The van der Waals surface area contributed by atoms with Crippen LogP contribution in [0, 0.1) is 0 Å². The highest BCUT2D eigenvalue weighted by atomic mass is 32.1. The molecule has 0 radical (unpaired) electrons. The van der Waals surface area contributed by atoms with E-state index in [1.807, 2.05) is 35.7 Å². The molecule has 1 aliphatic rings. The van der Waals surface area contributed by atoms with Gasteiger partial charge in [-0.1, -0.05) is 0 Å². The van der Waals surface area contributed by atoms with E-state index < -0.39 is 31.2 Å². The number of likely N-dealkylation sites (tertiary alicyclic amines) is 1. The van der Waals surface area contributed by atoms with Gasteiger partial charge in [-0.3, -0.25) is 4.79 Å². The van der Waals surface area contributed by atoms with Crippen molar-refractivity contribution >= 4 is 28.9 Å². The second-order valence-corrected chi connectivity index (χ2v) is 8.55. The second kappa shape index (κ2) is 8.72. The Bertz CT molecular complexity index is 1400. The van der Waals surface area contributed by atoms with Crippen LogP contribution in [0.3, 0.4) is 0 Å². The number of aryl methyl sites for hydroxylation is 1. The molecule has 0 saturated carbocycles. The number of carbonyl (C=O) groups excluding carboxylic acids is 2. The zero-order chi connectivity index (χ0) is 25.5. The van der Waals surface area contributed by atoms with Crippen molar-refractivity contribution in [3.05, 3.63) is 47.3 Å². The molecule has 1 N–H and O–H groups in total. The van der Waals surface area contributed by atoms with E-state index in [1.165, 1.54) is 11.3 Å². The average molecular weight is 514 g/mol. The molecule has 5 heterocycles. The normalized spacial score (nSPS) is 14.9. The third-order valence-electron chi connectivity index (χ3n) is 4.93. The molecule has 1 saturated heterocycles. The minimum atomic E-state index is -5.19. The maximum absolute atomic E-state index is 13.0. The molecule has 4 aromatic rings. The van der Waals surface area contributed by atoms with E-state index in [-0.39, 0.29) is 5.91 Å². The molecule has 15 heteroatoms. The molecule has 1 amide bonds. The summed E-state index contributed by atoms with van der Waals surface area (Å²) < 4.78 is 61.1. The van der Waals surface area contributed by atoms with Crippen LogP contribution in [0.5, 0.6) is 0 Å². The van der Waals surface area contributed by atoms with Gasteiger partial charge in [0.25, 0.3) is 11.8 Å². The number of hydrogen-bond acceptors (Lipinski definition) is 6. The quantitative estimate of drug-likeness (QED) is 0.331. The number of carboxylic acids is 1. The maximum atomic E-state index is 13.0. The van der Waals surface area contributed by atoms with Crippen molar-refractivity contribution in [2.45, 2.75) is 12.1 Å². The van der Waals surface area contributed by atoms with Crippen LogP contribution in [0.2, 0.25) is 0 Å². The fourth-order valence-electron chi connectivity index (χ4n) is 3.24. The molecule has 0 atom stereocenters. The summed E-state index contributed by atoms with van der Waals surface area (Å²) in [4.78, 5) is 27.2. The van der Waals surface area contributed by atoms with Crippen LogP contribution in [0.4, 0.5) is 22.0 Å². The van der Waals surface area contributed by atoms with E-state index in [4.69, 9.17) is 9.90 Å². The van der Waals surface area contributed by atoms with Gasteiger partial charge < -0.3 is 14.8 Å². The van der Waals surface area contributed by atoms with Crippen molar-refractivity contribution in [3.63, 3.8) is 0 Å². The first-order valence-electron chi connectivity index (χ1n) is 9.76. The van der Waals surface area contributed by atoms with Gasteiger partial charge in [-0.2, -0.15) is 23.4 Å². The number of carboxylic acid groups (broad SMARTS) is 1. The van der Waals surface area contributed by atoms with Crippen LogP contribution in [0.15, 0.2) is 42.4 Å². The molecule has 0 bridgehead atoms. The number of halogens is 5. The third-order valence-corrected chi connectivity index (χ3v) is 5.85. The standard InChI is InChI=1S/C18H14F2N6OS.C2HF3O2/c1-24-6-13(4-22-24)12-3-21-16-14(5-23-26(16)7-12)11-2-15(28-8-11)17(27)25-9-18(19,20)10-25;3-2(4,5)1(6)7/h2-8H,9-10H2,1H3;(H,6,7). The molecule has 0 spiro atoms. The van der Waals surface area contributed by atoms with E-state index in [1.54, 1.807) is 23.0 Å². The molecule has 4 aromatic heterocycles. The molecule has 0 aliphatic carbocycles. The zero-order valence-electron chi connectivity index (χ0n) is 17.7. The summed E-state index contributed by atoms with van der Waals surface area (Å²) in [6.07, 6.45) is 3.98. The van der Waals surface area contributed by atoms with Gasteiger partial charge >= 0.3 is 6.18 Å². The SMILES string of the molecule is C[n+]1cc(-c2cnc3c(-c4csc(C(=O)N5CC(F)(F)C5)c4)cnn3c2)c[nH]1.O=C([O-])C(F)(F)F. The lowest BCUT2D eigenvalue weighted by Crippen LogP contribution is -2.58. The Balaban J connectivity index is 0.000000364. The fourth-order valence-corrected chi connectivity index (χ4v) is 4.11. The summed E-state index contributed by atoms with van der Waals surface area (Å²) in [5.41, 5.74) is 4.15. The van der Waals surface area contributed by atoms with Crippen LogP contribution >= 0.6 is 11.3 Å². The van der Waals surface area contributed by atoms with Crippen molar-refractivity contribution in [1.82, 2.24) is 24.6 Å². The molecule has 184 valence electrons. The summed E-state index contributed by atoms with van der Waals surface area (Å²) in [5.74, 6) is -6.14. The Morgan fingerprint density at radius 1 is 1.20 bits per heavy atom. The first-order valence-corrected chi connectivity index (χ1v) is 10.6. The third kappa shape index (κ3) is 5.13. The van der Waals surface area contributed by atoms with Crippen LogP contribution < -0.4 is 9.79 Å². The van der Waals surface area contributed by atoms with E-state index in [9.17, 15) is 26.7 Å². The number of nitrogens with one attached hydrogen (secondary N) is 1. The fraction of sp³-hybridized carbons (Fsp3) is 0.250. The number of carbonyl (C=O) groups is 2. The van der Waals surface area contributed by atoms with Crippen molar-refractivity contribution in [3.8, 4) is 22.3 Å². The van der Waals surface area contributed by atoms with Crippen molar-refractivity contribution in [1.29, 1.82) is 0 Å². The lowest BCUT2D eigenvalue weighted by molar-refractivity contribution is -0.726. The van der Waals surface area contributed by atoms with Crippen LogP contribution in [0.1, 0.15) is 9.67 Å². The Labute approximate surface area is 197 Å². The van der Waals surface area contributed by atoms with Gasteiger partial charge in [0.1, 0.15) is 5.97 Å². The van der Waals surface area contributed by atoms with E-state index in [0.717, 1.165) is 27.2 Å². The van der Waals surface area contributed by atoms with Crippen LogP contribution in [-0.2, 0) is 11.8 Å². The molecular weight excluding hydrogens is 499 g/mol. The molecule has 0 aromatic carbocycles. The minimum Gasteiger partial charge on any atom is -0.542 e. The molecule has 1 fully saturated rings. The number of amides is 1. The van der Waals surface area contributed by atoms with Gasteiger partial charge in [-0.15, -0.1) is 16.0 Å². The molecule has 9 nitrogen and oxygen atoms in total. The number of thiophene rings is 1. The second-order valence-electron chi connectivity index (χ2n) is 7.64. The lowest BCUT2D eigenvalue weighted by atomic mass is 10.1. The van der Waals surface area contributed by atoms with Gasteiger partial charge in [0.05, 0.1) is 35.9 Å². The summed E-state index contributed by atoms with van der Waals surface area (Å²) in [7, 11) is 1.90. The van der Waals surface area contributed by atoms with Crippen molar-refractivity contribution < 1.29 is 41.3 Å². The smallest absolute Gasteiger partial charge is 0.430 e. The zero-order valence-corrected chi connectivity index (χ0v) is 18.5. The number of fused-ring (bicyclic) bond motifs is 1. The molecule has 35 heavy (non-hydrogen) atoms. The van der Waals surface area contributed by atoms with E-state index in [2.05, 4.69) is 15.2 Å². The first kappa shape index (κ1) is 24.3. The highest BCUT2D eigenvalue weighted by Crippen LogP contribution is 2.33. The first-order chi connectivity index (χ1) is 16.3. The summed E-state index contributed by atoms with van der Waals surface area (Å²) >= 11 is 1.24. The Kier molecular flexibility index (Phi) is 6.04. The Morgan fingerprint density at radius 3 is 2.46 bits per heavy atom. The molecule has 5 rings (SSSR count). The van der Waals surface area contributed by atoms with Gasteiger partial charge in [0.2, 0.25) is 6.20 Å². The predicted molar refractivity (Wildman–Crippen MR) is 109 cm³/mol. The number of aromatic amines is 1. The van der Waals surface area contributed by atoms with E-state index >= 15 is 0 Å². The van der Waals surface area contributed by atoms with E-state index in [0.29, 0.717) is 10.5 Å². The number of rotatable bonds is 3. The number of hydrogen-bond donors (Lipinski definition) is 1. The minimum absolute atomic E-state index is 0.366. The number of alkyl halides is 5. The number of aromatic nitrogens is 5. The number of H-pyrrole nitrogens is 1. The summed E-state index contributed by atoms with van der Waals surface area (Å²) in [5, 5.41) is 18.0. The molecular formula is C20H15F5N6O3S. The van der Waals surface area contributed by atoms with Crippen LogP contribution in [0.25, 0.3) is 27.9 Å². The van der Waals surface area contributed by atoms with Gasteiger partial charge in [-0.05, 0) is 17.0 Å². The summed E-state index contributed by atoms with van der Waals surface area (Å²) in [6, 6.07) is 1.71. The molecule has 1 aliphatic heterocycles. The topological polar surface area (TPSA) is 110 Å². The lowest BCUT2D eigenvalue weighted by Gasteiger charge is -2.38.